The summed E-state index contributed by atoms with van der Waals surface area (Å²) in [6, 6.07) is 10.4. The SMILES string of the molecule is Cc1ccc(N2CC[C@H](CNC(=O)c3cc(C)nc(C)n3)C2)cc1. The number of anilines is 1. The van der Waals surface area contributed by atoms with Crippen molar-refractivity contribution in [2.45, 2.75) is 27.2 Å². The number of amides is 1. The summed E-state index contributed by atoms with van der Waals surface area (Å²) in [6.07, 6.45) is 1.09. The Hall–Kier alpha value is -2.43. The van der Waals surface area contributed by atoms with Crippen molar-refractivity contribution in [2.24, 2.45) is 5.92 Å². The number of aryl methyl sites for hydroxylation is 3. The Morgan fingerprint density at radius 1 is 1.21 bits per heavy atom. The molecule has 5 heteroatoms. The van der Waals surface area contributed by atoms with Crippen molar-refractivity contribution in [3.8, 4) is 0 Å². The van der Waals surface area contributed by atoms with Crippen molar-refractivity contribution in [3.63, 3.8) is 0 Å². The largest absolute Gasteiger partial charge is 0.371 e. The molecule has 1 aliphatic rings. The van der Waals surface area contributed by atoms with E-state index in [1.54, 1.807) is 13.0 Å². The highest BCUT2D eigenvalue weighted by Gasteiger charge is 2.23. The molecule has 5 nitrogen and oxygen atoms in total. The Labute approximate surface area is 143 Å². The minimum absolute atomic E-state index is 0.114. The molecule has 0 radical (unpaired) electrons. The highest BCUT2D eigenvalue weighted by atomic mass is 16.1. The fourth-order valence-electron chi connectivity index (χ4n) is 3.15. The van der Waals surface area contributed by atoms with E-state index in [9.17, 15) is 4.79 Å². The molecule has 0 bridgehead atoms. The molecule has 2 aromatic rings. The van der Waals surface area contributed by atoms with Crippen LogP contribution in [0.1, 0.15) is 34.0 Å². The van der Waals surface area contributed by atoms with E-state index >= 15 is 0 Å². The molecule has 1 aliphatic heterocycles. The summed E-state index contributed by atoms with van der Waals surface area (Å²) in [5.41, 5.74) is 3.81. The zero-order chi connectivity index (χ0) is 17.1. The first kappa shape index (κ1) is 16.4. The molecular formula is C19H24N4O. The molecule has 1 N–H and O–H groups in total. The van der Waals surface area contributed by atoms with E-state index in [0.717, 1.165) is 25.2 Å². The Morgan fingerprint density at radius 2 is 1.96 bits per heavy atom. The molecule has 1 aromatic heterocycles. The van der Waals surface area contributed by atoms with Gasteiger partial charge >= 0.3 is 0 Å². The van der Waals surface area contributed by atoms with E-state index in [2.05, 4.69) is 51.4 Å². The van der Waals surface area contributed by atoms with Crippen molar-refractivity contribution in [1.29, 1.82) is 0 Å². The number of hydrogen-bond acceptors (Lipinski definition) is 4. The number of benzene rings is 1. The number of rotatable bonds is 4. The lowest BCUT2D eigenvalue weighted by atomic mass is 10.1. The third-order valence-corrected chi connectivity index (χ3v) is 4.43. The van der Waals surface area contributed by atoms with Gasteiger partial charge in [0.05, 0.1) is 0 Å². The molecule has 0 unspecified atom stereocenters. The van der Waals surface area contributed by atoms with Gasteiger partial charge in [-0.3, -0.25) is 4.79 Å². The summed E-state index contributed by atoms with van der Waals surface area (Å²) in [5.74, 6) is 0.989. The van der Waals surface area contributed by atoms with Crippen LogP contribution in [0.5, 0.6) is 0 Å². The molecule has 0 aliphatic carbocycles. The molecule has 3 rings (SSSR count). The summed E-state index contributed by atoms with van der Waals surface area (Å²) < 4.78 is 0. The zero-order valence-corrected chi connectivity index (χ0v) is 14.5. The first-order valence-corrected chi connectivity index (χ1v) is 8.43. The van der Waals surface area contributed by atoms with Gasteiger partial charge in [-0.1, -0.05) is 17.7 Å². The maximum absolute atomic E-state index is 12.3. The van der Waals surface area contributed by atoms with Crippen LogP contribution < -0.4 is 10.2 Å². The molecule has 126 valence electrons. The average Bonchev–Trinajstić information content (AvgIpc) is 3.01. The number of aromatic nitrogens is 2. The normalized spacial score (nSPS) is 17.1. The van der Waals surface area contributed by atoms with Crippen LogP contribution in [0, 0.1) is 26.7 Å². The summed E-state index contributed by atoms with van der Waals surface area (Å²) in [6.45, 7) is 8.48. The van der Waals surface area contributed by atoms with Crippen molar-refractivity contribution < 1.29 is 4.79 Å². The fraction of sp³-hybridized carbons (Fsp3) is 0.421. The van der Waals surface area contributed by atoms with Crippen LogP contribution >= 0.6 is 0 Å². The van der Waals surface area contributed by atoms with E-state index < -0.39 is 0 Å². The predicted molar refractivity (Wildman–Crippen MR) is 95.3 cm³/mol. The Bertz CT molecular complexity index is 706. The van der Waals surface area contributed by atoms with Gasteiger partial charge in [-0.05, 0) is 51.3 Å². The highest BCUT2D eigenvalue weighted by Crippen LogP contribution is 2.23. The van der Waals surface area contributed by atoms with Crippen LogP contribution in [0.4, 0.5) is 5.69 Å². The first-order valence-electron chi connectivity index (χ1n) is 8.43. The number of hydrogen-bond donors (Lipinski definition) is 1. The maximum atomic E-state index is 12.3. The van der Waals surface area contributed by atoms with Gasteiger partial charge in [-0.15, -0.1) is 0 Å². The summed E-state index contributed by atoms with van der Waals surface area (Å²) in [7, 11) is 0. The zero-order valence-electron chi connectivity index (χ0n) is 14.5. The fourth-order valence-corrected chi connectivity index (χ4v) is 3.15. The van der Waals surface area contributed by atoms with Crippen LogP contribution in [0.25, 0.3) is 0 Å². The molecule has 24 heavy (non-hydrogen) atoms. The first-order chi connectivity index (χ1) is 11.5. The molecule has 1 atom stereocenters. The second kappa shape index (κ2) is 6.99. The second-order valence-electron chi connectivity index (χ2n) is 6.59. The molecule has 1 fully saturated rings. The Kier molecular flexibility index (Phi) is 4.79. The molecule has 2 heterocycles. The molecule has 1 saturated heterocycles. The molecule has 0 spiro atoms. The molecule has 1 amide bonds. The maximum Gasteiger partial charge on any atom is 0.270 e. The van der Waals surface area contributed by atoms with E-state index in [4.69, 9.17) is 0 Å². The predicted octanol–water partition coefficient (Wildman–Crippen LogP) is 2.66. The lowest BCUT2D eigenvalue weighted by molar-refractivity contribution is 0.0942. The van der Waals surface area contributed by atoms with E-state index in [1.807, 2.05) is 6.92 Å². The van der Waals surface area contributed by atoms with Gasteiger partial charge in [0, 0.05) is 31.0 Å². The van der Waals surface area contributed by atoms with E-state index in [0.29, 0.717) is 24.0 Å². The topological polar surface area (TPSA) is 58.1 Å². The van der Waals surface area contributed by atoms with Crippen LogP contribution in [0.15, 0.2) is 30.3 Å². The van der Waals surface area contributed by atoms with Crippen LogP contribution in [-0.4, -0.2) is 35.5 Å². The molecule has 0 saturated carbocycles. The van der Waals surface area contributed by atoms with Crippen LogP contribution in [-0.2, 0) is 0 Å². The summed E-state index contributed by atoms with van der Waals surface area (Å²) in [4.78, 5) is 23.1. The number of nitrogens with one attached hydrogen (secondary N) is 1. The van der Waals surface area contributed by atoms with Gasteiger partial charge in [-0.25, -0.2) is 9.97 Å². The quantitative estimate of drug-likeness (QED) is 0.939. The van der Waals surface area contributed by atoms with E-state index in [1.165, 1.54) is 11.3 Å². The van der Waals surface area contributed by atoms with Gasteiger partial charge in [0.25, 0.3) is 5.91 Å². The summed E-state index contributed by atoms with van der Waals surface area (Å²) >= 11 is 0. The van der Waals surface area contributed by atoms with Crippen molar-refractivity contribution in [2.75, 3.05) is 24.5 Å². The highest BCUT2D eigenvalue weighted by molar-refractivity contribution is 5.92. The monoisotopic (exact) mass is 324 g/mol. The number of carbonyl (C=O) groups excluding carboxylic acids is 1. The smallest absolute Gasteiger partial charge is 0.270 e. The molecule has 1 aromatic carbocycles. The molecular weight excluding hydrogens is 300 g/mol. The Balaban J connectivity index is 1.54. The standard InChI is InChI=1S/C19H24N4O/c1-13-4-6-17(7-5-13)23-9-8-16(12-23)11-20-19(24)18-10-14(2)21-15(3)22-18/h4-7,10,16H,8-9,11-12H2,1-3H3,(H,20,24)/t16-/m1/s1. The number of carbonyl (C=O) groups is 1. The van der Waals surface area contributed by atoms with Crippen LogP contribution in [0.2, 0.25) is 0 Å². The third-order valence-electron chi connectivity index (χ3n) is 4.43. The van der Waals surface area contributed by atoms with Gasteiger partial charge in [0.1, 0.15) is 11.5 Å². The van der Waals surface area contributed by atoms with Gasteiger partial charge in [0.15, 0.2) is 0 Å². The van der Waals surface area contributed by atoms with Crippen LogP contribution in [0.3, 0.4) is 0 Å². The van der Waals surface area contributed by atoms with Gasteiger partial charge < -0.3 is 10.2 Å². The lowest BCUT2D eigenvalue weighted by Gasteiger charge is -2.19. The Morgan fingerprint density at radius 3 is 2.67 bits per heavy atom. The van der Waals surface area contributed by atoms with Crippen molar-refractivity contribution >= 4 is 11.6 Å². The average molecular weight is 324 g/mol. The van der Waals surface area contributed by atoms with Crippen molar-refractivity contribution in [1.82, 2.24) is 15.3 Å². The second-order valence-corrected chi connectivity index (χ2v) is 6.59. The summed E-state index contributed by atoms with van der Waals surface area (Å²) in [5, 5.41) is 3.02. The third kappa shape index (κ3) is 3.91. The minimum atomic E-state index is -0.114. The minimum Gasteiger partial charge on any atom is -0.371 e. The van der Waals surface area contributed by atoms with Gasteiger partial charge in [0.2, 0.25) is 0 Å². The van der Waals surface area contributed by atoms with Crippen molar-refractivity contribution in [3.05, 3.63) is 53.1 Å². The number of nitrogens with zero attached hydrogens (tertiary/aromatic N) is 3. The lowest BCUT2D eigenvalue weighted by Crippen LogP contribution is -2.31. The van der Waals surface area contributed by atoms with Gasteiger partial charge in [-0.2, -0.15) is 0 Å². The van der Waals surface area contributed by atoms with E-state index in [-0.39, 0.29) is 5.91 Å².